The highest BCUT2D eigenvalue weighted by Crippen LogP contribution is 2.38. The lowest BCUT2D eigenvalue weighted by Crippen LogP contribution is -2.05. The summed E-state index contributed by atoms with van der Waals surface area (Å²) in [6.07, 6.45) is 3.31. The molecule has 0 amide bonds. The fourth-order valence-electron chi connectivity index (χ4n) is 4.03. The lowest BCUT2D eigenvalue weighted by molar-refractivity contribution is 0.416. The van der Waals surface area contributed by atoms with E-state index in [9.17, 15) is 0 Å². The lowest BCUT2D eigenvalue weighted by Gasteiger charge is -2.14. The van der Waals surface area contributed by atoms with Crippen molar-refractivity contribution in [1.29, 1.82) is 0 Å². The van der Waals surface area contributed by atoms with Crippen LogP contribution in [0.3, 0.4) is 0 Å². The number of nitrogens with zero attached hydrogens (tertiary/aromatic N) is 5. The van der Waals surface area contributed by atoms with Crippen LogP contribution in [-0.4, -0.2) is 37.3 Å². The first-order valence-corrected chi connectivity index (χ1v) is 11.6. The maximum atomic E-state index is 5.65. The Morgan fingerprint density at radius 2 is 1.97 bits per heavy atom. The number of aromatic nitrogens is 6. The summed E-state index contributed by atoms with van der Waals surface area (Å²) in [5, 5.41) is 18.9. The number of thiophene rings is 1. The molecule has 0 saturated heterocycles. The minimum atomic E-state index is 0.543. The molecule has 0 bridgehead atoms. The Morgan fingerprint density at radius 3 is 2.72 bits per heavy atom. The van der Waals surface area contributed by atoms with Gasteiger partial charge in [-0.15, -0.1) is 21.5 Å². The van der Waals surface area contributed by atoms with Crippen LogP contribution in [0.2, 0.25) is 0 Å². The molecule has 0 atom stereocenters. The number of imidazole rings is 1. The first kappa shape index (κ1) is 20.4. The van der Waals surface area contributed by atoms with Crippen molar-refractivity contribution in [3.05, 3.63) is 64.6 Å². The number of tetrazole rings is 1. The third kappa shape index (κ3) is 3.78. The zero-order valence-corrected chi connectivity index (χ0v) is 18.9. The molecule has 2 aromatic carbocycles. The molecule has 0 saturated carbocycles. The molecule has 0 spiro atoms. The van der Waals surface area contributed by atoms with Crippen molar-refractivity contribution >= 4 is 22.4 Å². The van der Waals surface area contributed by atoms with Gasteiger partial charge in [-0.3, -0.25) is 0 Å². The van der Waals surface area contributed by atoms with Gasteiger partial charge in [-0.05, 0) is 28.8 Å². The summed E-state index contributed by atoms with van der Waals surface area (Å²) < 4.78 is 8.00. The molecule has 5 rings (SSSR count). The maximum absolute atomic E-state index is 5.65. The second kappa shape index (κ2) is 8.92. The maximum Gasteiger partial charge on any atom is 0.205 e. The average Bonchev–Trinajstić information content (AvgIpc) is 3.57. The monoisotopic (exact) mass is 444 g/mol. The minimum absolute atomic E-state index is 0.543. The van der Waals surface area contributed by atoms with Crippen LogP contribution in [-0.2, 0) is 13.0 Å². The fraction of sp³-hybridized carbons (Fsp3) is 0.250. The lowest BCUT2D eigenvalue weighted by atomic mass is 9.97. The van der Waals surface area contributed by atoms with Gasteiger partial charge in [0.2, 0.25) is 5.82 Å². The van der Waals surface area contributed by atoms with E-state index in [0.717, 1.165) is 59.6 Å². The summed E-state index contributed by atoms with van der Waals surface area (Å²) in [4.78, 5) is 4.87. The van der Waals surface area contributed by atoms with Crippen LogP contribution in [0.25, 0.3) is 33.5 Å². The molecular formula is C24H24N6OS. The summed E-state index contributed by atoms with van der Waals surface area (Å²) in [5.74, 6) is 2.48. The van der Waals surface area contributed by atoms with Gasteiger partial charge >= 0.3 is 0 Å². The standard InChI is InChI=1S/C24H24N6OS/c1-3-4-8-22-25-19-14-32-15-20(19)30(22)13-16-9-11-17(12-10-16)23-18(24-26-28-29-27-24)6-5-7-21(23)31-2/h5-7,9-12,14-15H,3-4,8,13H2,1-2H3,(H,26,27,28,29). The quantitative estimate of drug-likeness (QED) is 0.349. The van der Waals surface area contributed by atoms with Gasteiger partial charge in [-0.25, -0.2) is 4.98 Å². The van der Waals surface area contributed by atoms with E-state index in [1.54, 1.807) is 18.4 Å². The van der Waals surface area contributed by atoms with E-state index in [1.165, 1.54) is 11.1 Å². The zero-order chi connectivity index (χ0) is 21.9. The van der Waals surface area contributed by atoms with Gasteiger partial charge in [0, 0.05) is 34.9 Å². The normalized spacial score (nSPS) is 11.3. The SMILES string of the molecule is CCCCc1nc2cscc2n1Cc1ccc(-c2c(OC)cccc2-c2nn[nH]n2)cc1. The van der Waals surface area contributed by atoms with Crippen LogP contribution in [0.5, 0.6) is 5.75 Å². The molecule has 5 aromatic rings. The first-order chi connectivity index (χ1) is 15.8. The van der Waals surface area contributed by atoms with Crippen LogP contribution < -0.4 is 4.74 Å². The largest absolute Gasteiger partial charge is 0.496 e. The van der Waals surface area contributed by atoms with Gasteiger partial charge in [0.1, 0.15) is 11.6 Å². The van der Waals surface area contributed by atoms with Crippen molar-refractivity contribution in [3.8, 4) is 28.3 Å². The summed E-state index contributed by atoms with van der Waals surface area (Å²) >= 11 is 1.70. The Kier molecular flexibility index (Phi) is 5.68. The number of unbranched alkanes of at least 4 members (excludes halogenated alkanes) is 1. The van der Waals surface area contributed by atoms with Gasteiger partial charge in [-0.2, -0.15) is 5.21 Å². The van der Waals surface area contributed by atoms with Crippen molar-refractivity contribution < 1.29 is 4.74 Å². The topological polar surface area (TPSA) is 81.5 Å². The number of H-pyrrole nitrogens is 1. The van der Waals surface area contributed by atoms with Gasteiger partial charge in [0.05, 0.1) is 18.1 Å². The third-order valence-electron chi connectivity index (χ3n) is 5.64. The van der Waals surface area contributed by atoms with Crippen molar-refractivity contribution in [1.82, 2.24) is 30.2 Å². The molecule has 8 heteroatoms. The zero-order valence-electron chi connectivity index (χ0n) is 18.1. The Hall–Kier alpha value is -3.52. The van der Waals surface area contributed by atoms with Crippen LogP contribution in [0.4, 0.5) is 0 Å². The second-order valence-corrected chi connectivity index (χ2v) is 8.42. The molecule has 0 aliphatic carbocycles. The van der Waals surface area contributed by atoms with E-state index >= 15 is 0 Å². The predicted octanol–water partition coefficient (Wildman–Crippen LogP) is 5.34. The van der Waals surface area contributed by atoms with E-state index in [0.29, 0.717) is 5.82 Å². The number of aryl methyl sites for hydroxylation is 1. The summed E-state index contributed by atoms with van der Waals surface area (Å²) in [5.41, 5.74) is 6.42. The summed E-state index contributed by atoms with van der Waals surface area (Å²) in [7, 11) is 1.68. The highest BCUT2D eigenvalue weighted by Gasteiger charge is 2.17. The number of methoxy groups -OCH3 is 1. The molecule has 32 heavy (non-hydrogen) atoms. The van der Waals surface area contributed by atoms with Gasteiger partial charge in [0.15, 0.2) is 0 Å². The fourth-order valence-corrected chi connectivity index (χ4v) is 4.78. The van der Waals surface area contributed by atoms with E-state index in [4.69, 9.17) is 9.72 Å². The summed E-state index contributed by atoms with van der Waals surface area (Å²) in [6.45, 7) is 3.02. The Morgan fingerprint density at radius 1 is 1.09 bits per heavy atom. The highest BCUT2D eigenvalue weighted by atomic mass is 32.1. The van der Waals surface area contributed by atoms with E-state index in [2.05, 4.69) is 67.1 Å². The molecule has 0 unspecified atom stereocenters. The van der Waals surface area contributed by atoms with Crippen LogP contribution in [0.1, 0.15) is 31.2 Å². The first-order valence-electron chi connectivity index (χ1n) is 10.7. The molecule has 1 N–H and O–H groups in total. The van der Waals surface area contributed by atoms with Crippen LogP contribution in [0.15, 0.2) is 53.2 Å². The molecule has 162 valence electrons. The predicted molar refractivity (Wildman–Crippen MR) is 127 cm³/mol. The molecule has 3 aromatic heterocycles. The minimum Gasteiger partial charge on any atom is -0.496 e. The number of benzene rings is 2. The number of rotatable bonds is 8. The molecule has 7 nitrogen and oxygen atoms in total. The molecule has 0 aliphatic rings. The molecule has 0 fully saturated rings. The van der Waals surface area contributed by atoms with Crippen molar-refractivity contribution in [2.24, 2.45) is 0 Å². The molecule has 3 heterocycles. The van der Waals surface area contributed by atoms with Gasteiger partial charge in [0.25, 0.3) is 0 Å². The molecular weight excluding hydrogens is 420 g/mol. The van der Waals surface area contributed by atoms with Gasteiger partial charge in [-0.1, -0.05) is 49.7 Å². The number of aromatic amines is 1. The molecule has 0 radical (unpaired) electrons. The van der Waals surface area contributed by atoms with E-state index in [-0.39, 0.29) is 0 Å². The highest BCUT2D eigenvalue weighted by molar-refractivity contribution is 7.09. The number of hydrogen-bond acceptors (Lipinski definition) is 6. The van der Waals surface area contributed by atoms with Crippen LogP contribution in [0, 0.1) is 0 Å². The van der Waals surface area contributed by atoms with Crippen molar-refractivity contribution in [2.75, 3.05) is 7.11 Å². The number of fused-ring (bicyclic) bond motifs is 1. The summed E-state index contributed by atoms with van der Waals surface area (Å²) in [6, 6.07) is 14.5. The number of hydrogen-bond donors (Lipinski definition) is 1. The Balaban J connectivity index is 1.49. The van der Waals surface area contributed by atoms with Crippen molar-refractivity contribution in [2.45, 2.75) is 32.7 Å². The van der Waals surface area contributed by atoms with E-state index < -0.39 is 0 Å². The van der Waals surface area contributed by atoms with Crippen LogP contribution >= 0.6 is 11.3 Å². The molecule has 0 aliphatic heterocycles. The Bertz CT molecular complexity index is 1320. The number of ether oxygens (including phenoxy) is 1. The number of nitrogens with one attached hydrogen (secondary N) is 1. The van der Waals surface area contributed by atoms with Crippen molar-refractivity contribution in [3.63, 3.8) is 0 Å². The third-order valence-corrected chi connectivity index (χ3v) is 6.36. The smallest absolute Gasteiger partial charge is 0.205 e. The second-order valence-electron chi connectivity index (χ2n) is 7.68. The Labute approximate surface area is 190 Å². The average molecular weight is 445 g/mol. The van der Waals surface area contributed by atoms with E-state index in [1.807, 2.05) is 18.2 Å². The van der Waals surface area contributed by atoms with Gasteiger partial charge < -0.3 is 9.30 Å².